The lowest BCUT2D eigenvalue weighted by molar-refractivity contribution is -0.137. The topological polar surface area (TPSA) is 72.7 Å². The van der Waals surface area contributed by atoms with Gasteiger partial charge < -0.3 is 14.6 Å². The number of halogens is 3. The van der Waals surface area contributed by atoms with Crippen LogP contribution < -0.4 is 10.1 Å². The van der Waals surface area contributed by atoms with Crippen molar-refractivity contribution in [1.82, 2.24) is 9.88 Å². The first-order chi connectivity index (χ1) is 16.3. The molecule has 0 spiro atoms. The fourth-order valence-corrected chi connectivity index (χ4v) is 4.33. The monoisotopic (exact) mass is 489 g/mol. The lowest BCUT2D eigenvalue weighted by atomic mass is 10.1. The minimum atomic E-state index is -4.54. The van der Waals surface area contributed by atoms with Crippen molar-refractivity contribution in [2.75, 3.05) is 13.2 Å². The molecule has 1 atom stereocenters. The van der Waals surface area contributed by atoms with Crippen molar-refractivity contribution < 1.29 is 27.5 Å². The minimum Gasteiger partial charge on any atom is -0.376 e. The Balaban J connectivity index is 1.48. The second-order valence-electron chi connectivity index (χ2n) is 7.85. The SMILES string of the molecule is O=C(N=c1sccn1Cc1cccc(C(=O)NC[C@@H]2CCCO2)c1)c1cccc(C(F)(F)F)c1. The van der Waals surface area contributed by atoms with Crippen LogP contribution in [0.2, 0.25) is 0 Å². The van der Waals surface area contributed by atoms with Crippen LogP contribution in [0.3, 0.4) is 0 Å². The number of nitrogens with one attached hydrogen (secondary N) is 1. The number of rotatable bonds is 6. The number of hydrogen-bond donors (Lipinski definition) is 1. The van der Waals surface area contributed by atoms with E-state index >= 15 is 0 Å². The van der Waals surface area contributed by atoms with E-state index < -0.39 is 17.6 Å². The fraction of sp³-hybridized carbons (Fsp3) is 0.292. The van der Waals surface area contributed by atoms with Gasteiger partial charge in [0.2, 0.25) is 0 Å². The molecule has 0 radical (unpaired) electrons. The van der Waals surface area contributed by atoms with Crippen molar-refractivity contribution in [1.29, 1.82) is 0 Å². The number of hydrogen-bond acceptors (Lipinski definition) is 4. The van der Waals surface area contributed by atoms with Gasteiger partial charge in [-0.2, -0.15) is 18.2 Å². The zero-order valence-electron chi connectivity index (χ0n) is 18.0. The highest BCUT2D eigenvalue weighted by Crippen LogP contribution is 2.29. The second-order valence-corrected chi connectivity index (χ2v) is 8.73. The molecule has 1 aliphatic rings. The van der Waals surface area contributed by atoms with Gasteiger partial charge in [0.15, 0.2) is 4.80 Å². The summed E-state index contributed by atoms with van der Waals surface area (Å²) in [6.45, 7) is 1.52. The third-order valence-electron chi connectivity index (χ3n) is 5.35. The summed E-state index contributed by atoms with van der Waals surface area (Å²) in [4.78, 5) is 29.4. The number of alkyl halides is 3. The Bertz CT molecular complexity index is 1240. The highest BCUT2D eigenvalue weighted by molar-refractivity contribution is 7.07. The predicted molar refractivity (Wildman–Crippen MR) is 120 cm³/mol. The van der Waals surface area contributed by atoms with E-state index in [9.17, 15) is 22.8 Å². The van der Waals surface area contributed by atoms with Crippen molar-refractivity contribution >= 4 is 23.2 Å². The maximum atomic E-state index is 13.0. The summed E-state index contributed by atoms with van der Waals surface area (Å²) >= 11 is 1.19. The van der Waals surface area contributed by atoms with Crippen LogP contribution in [0.4, 0.5) is 13.2 Å². The van der Waals surface area contributed by atoms with Crippen LogP contribution in [0.15, 0.2) is 65.1 Å². The summed E-state index contributed by atoms with van der Waals surface area (Å²) in [5.74, 6) is -0.957. The molecule has 0 aliphatic carbocycles. The van der Waals surface area contributed by atoms with Gasteiger partial charge in [-0.1, -0.05) is 18.2 Å². The van der Waals surface area contributed by atoms with Crippen LogP contribution in [-0.2, 0) is 17.5 Å². The molecule has 3 aromatic rings. The van der Waals surface area contributed by atoms with Gasteiger partial charge in [0, 0.05) is 42.4 Å². The number of amides is 2. The van der Waals surface area contributed by atoms with Crippen molar-refractivity contribution in [3.8, 4) is 0 Å². The number of benzene rings is 2. The summed E-state index contributed by atoms with van der Waals surface area (Å²) in [6.07, 6.45) is -0.835. The summed E-state index contributed by atoms with van der Waals surface area (Å²) in [7, 11) is 0. The van der Waals surface area contributed by atoms with Gasteiger partial charge in [-0.15, -0.1) is 11.3 Å². The largest absolute Gasteiger partial charge is 0.416 e. The van der Waals surface area contributed by atoms with E-state index in [1.54, 1.807) is 34.3 Å². The lowest BCUT2D eigenvalue weighted by Crippen LogP contribution is -2.31. The molecule has 4 rings (SSSR count). The average molecular weight is 490 g/mol. The first-order valence-electron chi connectivity index (χ1n) is 10.7. The molecule has 10 heteroatoms. The average Bonchev–Trinajstić information content (AvgIpc) is 3.49. The molecule has 6 nitrogen and oxygen atoms in total. The molecule has 178 valence electrons. The predicted octanol–water partition coefficient (Wildman–Crippen LogP) is 4.27. The summed E-state index contributed by atoms with van der Waals surface area (Å²) < 4.78 is 46.1. The lowest BCUT2D eigenvalue weighted by Gasteiger charge is -2.11. The maximum Gasteiger partial charge on any atom is 0.416 e. The van der Waals surface area contributed by atoms with E-state index in [0.29, 0.717) is 23.5 Å². The van der Waals surface area contributed by atoms with Crippen LogP contribution in [0.1, 0.15) is 44.7 Å². The van der Waals surface area contributed by atoms with E-state index in [-0.39, 0.29) is 17.6 Å². The molecule has 0 unspecified atom stereocenters. The molecule has 34 heavy (non-hydrogen) atoms. The Kier molecular flexibility index (Phi) is 7.28. The van der Waals surface area contributed by atoms with Gasteiger partial charge in [0.05, 0.1) is 11.7 Å². The zero-order valence-corrected chi connectivity index (χ0v) is 18.9. The quantitative estimate of drug-likeness (QED) is 0.562. The van der Waals surface area contributed by atoms with Crippen molar-refractivity contribution in [2.45, 2.75) is 31.7 Å². The molecular weight excluding hydrogens is 467 g/mol. The molecular formula is C24H22F3N3O3S. The van der Waals surface area contributed by atoms with Gasteiger partial charge in [-0.3, -0.25) is 9.59 Å². The van der Waals surface area contributed by atoms with Crippen molar-refractivity contribution in [3.05, 3.63) is 87.2 Å². The van der Waals surface area contributed by atoms with Crippen LogP contribution in [0.5, 0.6) is 0 Å². The number of thiazole rings is 1. The molecule has 0 saturated carbocycles. The Morgan fingerprint density at radius 3 is 2.71 bits per heavy atom. The number of aromatic nitrogens is 1. The Morgan fingerprint density at radius 2 is 1.94 bits per heavy atom. The third-order valence-corrected chi connectivity index (χ3v) is 6.14. The minimum absolute atomic E-state index is 0.0482. The zero-order chi connectivity index (χ0) is 24.1. The van der Waals surface area contributed by atoms with Crippen molar-refractivity contribution in [3.63, 3.8) is 0 Å². The third kappa shape index (κ3) is 6.00. The maximum absolute atomic E-state index is 13.0. The van der Waals surface area contributed by atoms with Crippen LogP contribution in [-0.4, -0.2) is 35.6 Å². The first-order valence-corrected chi connectivity index (χ1v) is 11.6. The first kappa shape index (κ1) is 23.9. The van der Waals surface area contributed by atoms with E-state index in [0.717, 1.165) is 37.1 Å². The van der Waals surface area contributed by atoms with Gasteiger partial charge in [0.25, 0.3) is 11.8 Å². The summed E-state index contributed by atoms with van der Waals surface area (Å²) in [6, 6.07) is 11.3. The number of ether oxygens (including phenoxy) is 1. The molecule has 1 saturated heterocycles. The van der Waals surface area contributed by atoms with Crippen molar-refractivity contribution in [2.24, 2.45) is 4.99 Å². The van der Waals surface area contributed by atoms with Gasteiger partial charge >= 0.3 is 6.18 Å². The molecule has 1 aliphatic heterocycles. The molecule has 2 amide bonds. The molecule has 0 bridgehead atoms. The van der Waals surface area contributed by atoms with E-state index in [4.69, 9.17) is 4.74 Å². The number of nitrogens with zero attached hydrogens (tertiary/aromatic N) is 2. The fourth-order valence-electron chi connectivity index (χ4n) is 3.61. The van der Waals surface area contributed by atoms with Gasteiger partial charge in [0.1, 0.15) is 0 Å². The number of carbonyl (C=O) groups is 2. The number of carbonyl (C=O) groups excluding carboxylic acids is 2. The molecule has 2 aromatic carbocycles. The smallest absolute Gasteiger partial charge is 0.376 e. The summed E-state index contributed by atoms with van der Waals surface area (Å²) in [5, 5.41) is 4.62. The Labute approximate surface area is 197 Å². The summed E-state index contributed by atoms with van der Waals surface area (Å²) in [5.41, 5.74) is 0.280. The van der Waals surface area contributed by atoms with Gasteiger partial charge in [-0.05, 0) is 48.7 Å². The van der Waals surface area contributed by atoms with Crippen LogP contribution in [0.25, 0.3) is 0 Å². The van der Waals surface area contributed by atoms with Crippen LogP contribution >= 0.6 is 11.3 Å². The van der Waals surface area contributed by atoms with E-state index in [1.807, 2.05) is 6.07 Å². The molecule has 1 fully saturated rings. The highest BCUT2D eigenvalue weighted by Gasteiger charge is 2.30. The molecule has 1 aromatic heterocycles. The highest BCUT2D eigenvalue weighted by atomic mass is 32.1. The molecule has 2 heterocycles. The van der Waals surface area contributed by atoms with Crippen LogP contribution in [0, 0.1) is 0 Å². The standard InChI is InChI=1S/C24H22F3N3O3S/c25-24(26,27)19-7-2-6-18(13-19)22(32)29-23-30(9-11-34-23)15-16-4-1-5-17(12-16)21(31)28-14-20-8-3-10-33-20/h1-2,4-7,9,11-13,20H,3,8,10,14-15H2,(H,28,31)/t20-/m0/s1. The Hall–Kier alpha value is -3.24. The second kappa shape index (κ2) is 10.4. The van der Waals surface area contributed by atoms with E-state index in [2.05, 4.69) is 10.3 Å². The van der Waals surface area contributed by atoms with E-state index in [1.165, 1.54) is 23.5 Å². The van der Waals surface area contributed by atoms with Gasteiger partial charge in [-0.25, -0.2) is 0 Å². The Morgan fingerprint density at radius 1 is 1.15 bits per heavy atom. The molecule has 1 N–H and O–H groups in total. The normalized spacial score (nSPS) is 16.6.